The average Bonchev–Trinajstić information content (AvgIpc) is 3.09. The van der Waals surface area contributed by atoms with E-state index >= 15 is 0 Å². The molecule has 1 aliphatic carbocycles. The lowest BCUT2D eigenvalue weighted by Gasteiger charge is -2.33. The standard InChI is InChI=1S/C24H27N3O2/c1-16-7-8-20-19(13-16)22-23(29-20)24(28)26-21(25-22)15-27-11-9-18(10-12-27)14-17-5-3-2-4-6-17/h2-5,7-8,13,17-18H,6,9-12,14-15H2,1H3,(H,25,26,28). The van der Waals surface area contributed by atoms with Gasteiger partial charge in [0.1, 0.15) is 16.9 Å². The van der Waals surface area contributed by atoms with Gasteiger partial charge in [-0.1, -0.05) is 35.9 Å². The second-order valence-electron chi connectivity index (χ2n) is 8.56. The topological polar surface area (TPSA) is 62.1 Å². The fourth-order valence-electron chi connectivity index (χ4n) is 4.72. The molecule has 0 amide bonds. The van der Waals surface area contributed by atoms with Gasteiger partial charge in [0.25, 0.3) is 5.56 Å². The first-order valence-corrected chi connectivity index (χ1v) is 10.6. The number of H-pyrrole nitrogens is 1. The number of allylic oxidation sites excluding steroid dienone is 4. The quantitative estimate of drug-likeness (QED) is 0.702. The van der Waals surface area contributed by atoms with Crippen molar-refractivity contribution in [3.63, 3.8) is 0 Å². The van der Waals surface area contributed by atoms with E-state index < -0.39 is 0 Å². The van der Waals surface area contributed by atoms with Crippen molar-refractivity contribution in [1.82, 2.24) is 14.9 Å². The van der Waals surface area contributed by atoms with Crippen molar-refractivity contribution in [2.75, 3.05) is 13.1 Å². The van der Waals surface area contributed by atoms with Crippen LogP contribution in [-0.4, -0.2) is 28.0 Å². The maximum Gasteiger partial charge on any atom is 0.294 e. The number of piperidine rings is 1. The number of hydrogen-bond donors (Lipinski definition) is 1. The third-order valence-corrected chi connectivity index (χ3v) is 6.31. The third-order valence-electron chi connectivity index (χ3n) is 6.31. The van der Waals surface area contributed by atoms with Crippen molar-refractivity contribution in [3.05, 3.63) is 64.2 Å². The van der Waals surface area contributed by atoms with Crippen molar-refractivity contribution < 1.29 is 4.42 Å². The molecule has 1 aromatic carbocycles. The smallest absolute Gasteiger partial charge is 0.294 e. The number of nitrogens with one attached hydrogen (secondary N) is 1. The summed E-state index contributed by atoms with van der Waals surface area (Å²) in [6.07, 6.45) is 13.9. The number of aromatic amines is 1. The minimum Gasteiger partial charge on any atom is -0.449 e. The first kappa shape index (κ1) is 18.4. The lowest BCUT2D eigenvalue weighted by Crippen LogP contribution is -2.34. The van der Waals surface area contributed by atoms with Crippen molar-refractivity contribution in [2.24, 2.45) is 11.8 Å². The Morgan fingerprint density at radius 2 is 2.10 bits per heavy atom. The van der Waals surface area contributed by atoms with Crippen LogP contribution in [0.4, 0.5) is 0 Å². The molecule has 3 aromatic rings. The molecule has 3 heterocycles. The minimum absolute atomic E-state index is 0.189. The fourth-order valence-corrected chi connectivity index (χ4v) is 4.72. The van der Waals surface area contributed by atoms with Crippen molar-refractivity contribution >= 4 is 22.1 Å². The Kier molecular flexibility index (Phi) is 4.84. The molecule has 5 heteroatoms. The summed E-state index contributed by atoms with van der Waals surface area (Å²) in [7, 11) is 0. The predicted octanol–water partition coefficient (Wildman–Crippen LogP) is 4.71. The number of rotatable bonds is 4. The molecule has 29 heavy (non-hydrogen) atoms. The maximum absolute atomic E-state index is 12.5. The van der Waals surface area contributed by atoms with E-state index in [9.17, 15) is 4.79 Å². The molecule has 0 bridgehead atoms. The second kappa shape index (κ2) is 7.64. The zero-order valence-electron chi connectivity index (χ0n) is 16.9. The van der Waals surface area contributed by atoms with E-state index in [0.29, 0.717) is 29.1 Å². The van der Waals surface area contributed by atoms with Crippen LogP contribution in [0.15, 0.2) is 51.7 Å². The molecule has 1 fully saturated rings. The molecule has 0 spiro atoms. The van der Waals surface area contributed by atoms with Crippen LogP contribution >= 0.6 is 0 Å². The zero-order chi connectivity index (χ0) is 19.8. The number of furan rings is 1. The van der Waals surface area contributed by atoms with E-state index in [1.807, 2.05) is 25.1 Å². The van der Waals surface area contributed by atoms with Crippen LogP contribution in [0, 0.1) is 18.8 Å². The number of benzene rings is 1. The molecular weight excluding hydrogens is 362 g/mol. The third kappa shape index (κ3) is 3.79. The van der Waals surface area contributed by atoms with Crippen LogP contribution in [0.1, 0.15) is 37.1 Å². The Hall–Kier alpha value is -2.66. The lowest BCUT2D eigenvalue weighted by molar-refractivity contribution is 0.162. The summed E-state index contributed by atoms with van der Waals surface area (Å²) >= 11 is 0. The van der Waals surface area contributed by atoms with E-state index in [1.165, 1.54) is 25.7 Å². The van der Waals surface area contributed by atoms with Gasteiger partial charge in [-0.05, 0) is 69.7 Å². The molecule has 0 saturated carbocycles. The first-order valence-electron chi connectivity index (χ1n) is 10.6. The Labute approximate surface area is 170 Å². The largest absolute Gasteiger partial charge is 0.449 e. The summed E-state index contributed by atoms with van der Waals surface area (Å²) in [4.78, 5) is 22.7. The van der Waals surface area contributed by atoms with Gasteiger partial charge in [-0.2, -0.15) is 0 Å². The van der Waals surface area contributed by atoms with Crippen LogP contribution in [0.25, 0.3) is 22.1 Å². The highest BCUT2D eigenvalue weighted by atomic mass is 16.3. The number of aromatic nitrogens is 2. The summed E-state index contributed by atoms with van der Waals surface area (Å²) in [6.45, 7) is 4.84. The molecule has 1 saturated heterocycles. The highest BCUT2D eigenvalue weighted by molar-refractivity contribution is 6.02. The Bertz CT molecular complexity index is 1150. The lowest BCUT2D eigenvalue weighted by atomic mass is 9.84. The van der Waals surface area contributed by atoms with Gasteiger partial charge in [0, 0.05) is 5.39 Å². The van der Waals surface area contributed by atoms with Gasteiger partial charge in [0.2, 0.25) is 5.58 Å². The Balaban J connectivity index is 1.29. The van der Waals surface area contributed by atoms with Gasteiger partial charge in [0.05, 0.1) is 6.54 Å². The number of likely N-dealkylation sites (tertiary alicyclic amines) is 1. The molecule has 150 valence electrons. The summed E-state index contributed by atoms with van der Waals surface area (Å²) in [5, 5.41) is 0.917. The van der Waals surface area contributed by atoms with E-state index in [1.54, 1.807) is 0 Å². The summed E-state index contributed by atoms with van der Waals surface area (Å²) in [6, 6.07) is 5.94. The molecule has 0 radical (unpaired) electrons. The Morgan fingerprint density at radius 1 is 1.24 bits per heavy atom. The summed E-state index contributed by atoms with van der Waals surface area (Å²) in [5.74, 6) is 2.22. The molecule has 1 aliphatic heterocycles. The van der Waals surface area contributed by atoms with Gasteiger partial charge >= 0.3 is 0 Å². The van der Waals surface area contributed by atoms with Gasteiger partial charge in [0.15, 0.2) is 0 Å². The second-order valence-corrected chi connectivity index (χ2v) is 8.56. The number of hydrogen-bond acceptors (Lipinski definition) is 4. The number of nitrogens with zero attached hydrogens (tertiary/aromatic N) is 2. The van der Waals surface area contributed by atoms with Crippen molar-refractivity contribution in [2.45, 2.75) is 39.2 Å². The molecule has 1 N–H and O–H groups in total. The van der Waals surface area contributed by atoms with Crippen LogP contribution in [0.5, 0.6) is 0 Å². The number of aryl methyl sites for hydroxylation is 1. The normalized spacial score (nSPS) is 20.8. The monoisotopic (exact) mass is 389 g/mol. The molecule has 5 rings (SSSR count). The van der Waals surface area contributed by atoms with Crippen molar-refractivity contribution in [3.8, 4) is 0 Å². The van der Waals surface area contributed by atoms with Gasteiger partial charge in [-0.15, -0.1) is 0 Å². The predicted molar refractivity (Wildman–Crippen MR) is 116 cm³/mol. The molecule has 1 unspecified atom stereocenters. The number of fused-ring (bicyclic) bond motifs is 3. The van der Waals surface area contributed by atoms with Crippen LogP contribution in [0.3, 0.4) is 0 Å². The molecule has 1 atom stereocenters. The summed E-state index contributed by atoms with van der Waals surface area (Å²) in [5.41, 5.74) is 2.66. The molecule has 2 aliphatic rings. The summed E-state index contributed by atoms with van der Waals surface area (Å²) < 4.78 is 5.74. The van der Waals surface area contributed by atoms with E-state index in [0.717, 1.165) is 35.8 Å². The Morgan fingerprint density at radius 3 is 2.90 bits per heavy atom. The van der Waals surface area contributed by atoms with E-state index in [-0.39, 0.29) is 5.56 Å². The molecule has 5 nitrogen and oxygen atoms in total. The van der Waals surface area contributed by atoms with Gasteiger partial charge < -0.3 is 9.40 Å². The minimum atomic E-state index is -0.189. The van der Waals surface area contributed by atoms with Crippen molar-refractivity contribution in [1.29, 1.82) is 0 Å². The van der Waals surface area contributed by atoms with Crippen LogP contribution < -0.4 is 5.56 Å². The van der Waals surface area contributed by atoms with Crippen LogP contribution in [-0.2, 0) is 6.54 Å². The van der Waals surface area contributed by atoms with E-state index in [2.05, 4.69) is 34.2 Å². The van der Waals surface area contributed by atoms with Crippen LogP contribution in [0.2, 0.25) is 0 Å². The zero-order valence-corrected chi connectivity index (χ0v) is 16.9. The average molecular weight is 389 g/mol. The molecular formula is C24H27N3O2. The van der Waals surface area contributed by atoms with Gasteiger partial charge in [-0.3, -0.25) is 9.69 Å². The first-order chi connectivity index (χ1) is 14.2. The highest BCUT2D eigenvalue weighted by Crippen LogP contribution is 2.29. The molecule has 2 aromatic heterocycles. The maximum atomic E-state index is 12.5. The fraction of sp³-hybridized carbons (Fsp3) is 0.417. The highest BCUT2D eigenvalue weighted by Gasteiger charge is 2.23. The SMILES string of the molecule is Cc1ccc2oc3c(=O)[nH]c(CN4CCC(CC5C=CC=CC5)CC4)nc3c2c1. The van der Waals surface area contributed by atoms with Gasteiger partial charge in [-0.25, -0.2) is 4.98 Å². The van der Waals surface area contributed by atoms with E-state index in [4.69, 9.17) is 9.40 Å².